The number of unbranched alkanes of at least 4 members (excludes halogenated alkanes) is 6. The molecule has 0 aromatic carbocycles. The van der Waals surface area contributed by atoms with Gasteiger partial charge < -0.3 is 9.84 Å². The van der Waals surface area contributed by atoms with E-state index >= 15 is 0 Å². The summed E-state index contributed by atoms with van der Waals surface area (Å²) in [7, 11) is 0. The van der Waals surface area contributed by atoms with E-state index in [0.717, 1.165) is 12.8 Å². The van der Waals surface area contributed by atoms with Crippen LogP contribution >= 0.6 is 0 Å². The molecule has 16 heavy (non-hydrogen) atoms. The first-order valence-corrected chi connectivity index (χ1v) is 7.14. The van der Waals surface area contributed by atoms with Crippen molar-refractivity contribution in [2.75, 3.05) is 6.61 Å². The van der Waals surface area contributed by atoms with Crippen molar-refractivity contribution in [1.82, 2.24) is 0 Å². The third kappa shape index (κ3) is 6.49. The molecule has 1 aliphatic heterocycles. The monoisotopic (exact) mass is 228 g/mol. The first-order valence-electron chi connectivity index (χ1n) is 7.14. The van der Waals surface area contributed by atoms with Crippen molar-refractivity contribution in [3.05, 3.63) is 0 Å². The van der Waals surface area contributed by atoms with Gasteiger partial charge in [0.15, 0.2) is 0 Å². The van der Waals surface area contributed by atoms with E-state index in [-0.39, 0.29) is 0 Å². The van der Waals surface area contributed by atoms with Crippen LogP contribution in [0.5, 0.6) is 0 Å². The van der Waals surface area contributed by atoms with Crippen molar-refractivity contribution in [1.29, 1.82) is 0 Å². The molecule has 2 nitrogen and oxygen atoms in total. The predicted molar refractivity (Wildman–Crippen MR) is 67.6 cm³/mol. The van der Waals surface area contributed by atoms with Crippen LogP contribution in [0.15, 0.2) is 0 Å². The number of epoxide rings is 1. The fraction of sp³-hybridized carbons (Fsp3) is 1.00. The summed E-state index contributed by atoms with van der Waals surface area (Å²) in [6.07, 6.45) is 13.9. The summed E-state index contributed by atoms with van der Waals surface area (Å²) < 4.78 is 5.55. The topological polar surface area (TPSA) is 32.8 Å². The molecule has 2 heteroatoms. The van der Waals surface area contributed by atoms with Crippen molar-refractivity contribution in [3.63, 3.8) is 0 Å². The Labute approximate surface area is 100 Å². The summed E-state index contributed by atoms with van der Waals surface area (Å²) in [5.74, 6) is 0. The smallest absolute Gasteiger partial charge is 0.0842 e. The molecular weight excluding hydrogens is 200 g/mol. The molecule has 2 atom stereocenters. The molecule has 2 unspecified atom stereocenters. The second-order valence-electron chi connectivity index (χ2n) is 4.99. The lowest BCUT2D eigenvalue weighted by Crippen LogP contribution is -1.96. The largest absolute Gasteiger partial charge is 0.396 e. The Morgan fingerprint density at radius 1 is 0.812 bits per heavy atom. The number of hydrogen-bond donors (Lipinski definition) is 1. The lowest BCUT2D eigenvalue weighted by Gasteiger charge is -1.99. The van der Waals surface area contributed by atoms with Gasteiger partial charge in [0.1, 0.15) is 0 Å². The lowest BCUT2D eigenvalue weighted by atomic mass is 10.1. The summed E-state index contributed by atoms with van der Waals surface area (Å²) in [4.78, 5) is 0. The molecule has 0 aromatic rings. The molecule has 0 radical (unpaired) electrons. The van der Waals surface area contributed by atoms with E-state index in [4.69, 9.17) is 9.84 Å². The first kappa shape index (κ1) is 14.0. The van der Waals surface area contributed by atoms with E-state index in [0.29, 0.717) is 18.8 Å². The Morgan fingerprint density at radius 2 is 1.38 bits per heavy atom. The summed E-state index contributed by atoms with van der Waals surface area (Å²) in [5, 5.41) is 8.69. The highest BCUT2D eigenvalue weighted by molar-refractivity contribution is 4.84. The molecule has 0 bridgehead atoms. The molecule has 0 aromatic heterocycles. The maximum absolute atomic E-state index is 8.69. The number of ether oxygens (including phenoxy) is 1. The van der Waals surface area contributed by atoms with Crippen LogP contribution in [0.3, 0.4) is 0 Å². The van der Waals surface area contributed by atoms with Crippen molar-refractivity contribution >= 4 is 0 Å². The minimum absolute atomic E-state index is 0.310. The molecule has 1 fully saturated rings. The van der Waals surface area contributed by atoms with Gasteiger partial charge in [-0.3, -0.25) is 0 Å². The second kappa shape index (κ2) is 9.00. The van der Waals surface area contributed by atoms with Crippen LogP contribution in [0.2, 0.25) is 0 Å². The maximum atomic E-state index is 8.69. The van der Waals surface area contributed by atoms with Crippen LogP contribution < -0.4 is 0 Å². The minimum Gasteiger partial charge on any atom is -0.396 e. The molecule has 96 valence electrons. The Bertz CT molecular complexity index is 159. The molecule has 1 saturated heterocycles. The van der Waals surface area contributed by atoms with Gasteiger partial charge >= 0.3 is 0 Å². The number of aliphatic hydroxyl groups is 1. The van der Waals surface area contributed by atoms with E-state index in [1.807, 2.05) is 0 Å². The molecule has 0 amide bonds. The Balaban J connectivity index is 1.76. The van der Waals surface area contributed by atoms with E-state index in [1.54, 1.807) is 0 Å². The van der Waals surface area contributed by atoms with Gasteiger partial charge in [-0.15, -0.1) is 0 Å². The van der Waals surface area contributed by atoms with Crippen LogP contribution in [0, 0.1) is 0 Å². The molecule has 1 aliphatic rings. The standard InChI is InChI=1S/C14H28O2/c1-2-3-4-5-6-7-8-10-13-14(16-13)11-9-12-15/h13-15H,2-12H2,1H3. The van der Waals surface area contributed by atoms with Crippen molar-refractivity contribution in [3.8, 4) is 0 Å². The van der Waals surface area contributed by atoms with Crippen LogP contribution in [-0.4, -0.2) is 23.9 Å². The highest BCUT2D eigenvalue weighted by atomic mass is 16.6. The van der Waals surface area contributed by atoms with Gasteiger partial charge in [-0.05, 0) is 19.3 Å². The average Bonchev–Trinajstić information content (AvgIpc) is 3.04. The zero-order chi connectivity index (χ0) is 11.6. The Hall–Kier alpha value is -0.0800. The van der Waals surface area contributed by atoms with Gasteiger partial charge in [-0.2, -0.15) is 0 Å². The summed E-state index contributed by atoms with van der Waals surface area (Å²) in [6, 6.07) is 0. The second-order valence-corrected chi connectivity index (χ2v) is 4.99. The highest BCUT2D eigenvalue weighted by Gasteiger charge is 2.36. The first-order chi connectivity index (χ1) is 7.88. The van der Waals surface area contributed by atoms with E-state index in [2.05, 4.69) is 6.92 Å². The van der Waals surface area contributed by atoms with Gasteiger partial charge in [0.2, 0.25) is 0 Å². The van der Waals surface area contributed by atoms with Crippen molar-refractivity contribution < 1.29 is 9.84 Å². The van der Waals surface area contributed by atoms with Gasteiger partial charge in [0.25, 0.3) is 0 Å². The average molecular weight is 228 g/mol. The Morgan fingerprint density at radius 3 is 2.00 bits per heavy atom. The lowest BCUT2D eigenvalue weighted by molar-refractivity contribution is 0.272. The summed E-state index contributed by atoms with van der Waals surface area (Å²) in [5.41, 5.74) is 0. The number of rotatable bonds is 11. The normalized spacial score (nSPS) is 23.6. The third-order valence-electron chi connectivity index (χ3n) is 3.43. The van der Waals surface area contributed by atoms with Crippen LogP contribution in [0.25, 0.3) is 0 Å². The van der Waals surface area contributed by atoms with Crippen molar-refractivity contribution in [2.45, 2.75) is 83.3 Å². The molecule has 1 rings (SSSR count). The number of hydrogen-bond acceptors (Lipinski definition) is 2. The molecule has 0 spiro atoms. The minimum atomic E-state index is 0.310. The van der Waals surface area contributed by atoms with Crippen LogP contribution in [0.4, 0.5) is 0 Å². The summed E-state index contributed by atoms with van der Waals surface area (Å²) in [6.45, 7) is 2.57. The third-order valence-corrected chi connectivity index (χ3v) is 3.43. The fourth-order valence-electron chi connectivity index (χ4n) is 2.28. The van der Waals surface area contributed by atoms with Crippen LogP contribution in [0.1, 0.15) is 71.1 Å². The molecule has 0 saturated carbocycles. The zero-order valence-corrected chi connectivity index (χ0v) is 10.8. The molecular formula is C14H28O2. The molecule has 0 aliphatic carbocycles. The van der Waals surface area contributed by atoms with Gasteiger partial charge in [-0.1, -0.05) is 51.9 Å². The highest BCUT2D eigenvalue weighted by Crippen LogP contribution is 2.30. The molecule has 1 N–H and O–H groups in total. The van der Waals surface area contributed by atoms with Gasteiger partial charge in [0.05, 0.1) is 12.2 Å². The van der Waals surface area contributed by atoms with Gasteiger partial charge in [0, 0.05) is 6.61 Å². The van der Waals surface area contributed by atoms with E-state index < -0.39 is 0 Å². The van der Waals surface area contributed by atoms with E-state index in [9.17, 15) is 0 Å². The zero-order valence-electron chi connectivity index (χ0n) is 10.8. The van der Waals surface area contributed by atoms with E-state index in [1.165, 1.54) is 51.4 Å². The van der Waals surface area contributed by atoms with Crippen molar-refractivity contribution in [2.24, 2.45) is 0 Å². The summed E-state index contributed by atoms with van der Waals surface area (Å²) >= 11 is 0. The van der Waals surface area contributed by atoms with Gasteiger partial charge in [-0.25, -0.2) is 0 Å². The SMILES string of the molecule is CCCCCCCCCC1OC1CCCO. The predicted octanol–water partition coefficient (Wildman–Crippen LogP) is 3.67. The Kier molecular flexibility index (Phi) is 7.87. The number of aliphatic hydroxyl groups excluding tert-OH is 1. The fourth-order valence-corrected chi connectivity index (χ4v) is 2.28. The molecule has 1 heterocycles. The maximum Gasteiger partial charge on any atom is 0.0842 e. The van der Waals surface area contributed by atoms with Crippen LogP contribution in [-0.2, 0) is 4.74 Å². The quantitative estimate of drug-likeness (QED) is 0.432.